The number of halogens is 1. The number of hydrogen-bond acceptors (Lipinski definition) is 4. The van der Waals surface area contributed by atoms with Crippen LogP contribution in [0.4, 0.5) is 5.69 Å². The Balaban J connectivity index is 0.00000243. The van der Waals surface area contributed by atoms with Crippen LogP contribution in [-0.2, 0) is 16.0 Å². The summed E-state index contributed by atoms with van der Waals surface area (Å²) in [5.74, 6) is 0.857. The topological polar surface area (TPSA) is 58.1 Å². The highest BCUT2D eigenvalue weighted by Crippen LogP contribution is 2.17. The molecule has 0 spiro atoms. The van der Waals surface area contributed by atoms with Crippen LogP contribution in [0.2, 0.25) is 0 Å². The molecule has 0 aliphatic carbocycles. The number of aliphatic imine (C=N–C) groups is 1. The van der Waals surface area contributed by atoms with Gasteiger partial charge in [0, 0.05) is 38.5 Å². The molecule has 2 saturated heterocycles. The molecule has 7 heteroatoms. The molecule has 1 aromatic rings. The minimum Gasteiger partial charge on any atom is -0.378 e. The number of nitrogens with one attached hydrogen (secondary N) is 2. The largest absolute Gasteiger partial charge is 0.378 e. The maximum absolute atomic E-state index is 5.66. The van der Waals surface area contributed by atoms with Crippen molar-refractivity contribution in [2.75, 3.05) is 50.9 Å². The molecule has 1 aromatic carbocycles. The van der Waals surface area contributed by atoms with Gasteiger partial charge in [-0.2, -0.15) is 0 Å². The Morgan fingerprint density at radius 1 is 1.15 bits per heavy atom. The van der Waals surface area contributed by atoms with Crippen molar-refractivity contribution in [2.24, 2.45) is 4.99 Å². The van der Waals surface area contributed by atoms with Gasteiger partial charge < -0.3 is 25.0 Å². The predicted molar refractivity (Wildman–Crippen MR) is 117 cm³/mol. The Bertz CT molecular complexity index is 541. The van der Waals surface area contributed by atoms with Crippen LogP contribution in [0.3, 0.4) is 0 Å². The number of morpholine rings is 1. The summed E-state index contributed by atoms with van der Waals surface area (Å²) in [6, 6.07) is 8.70. The Morgan fingerprint density at radius 2 is 1.92 bits per heavy atom. The molecule has 26 heavy (non-hydrogen) atoms. The lowest BCUT2D eigenvalue weighted by Crippen LogP contribution is -2.41. The molecular formula is C19H31IN4O2. The van der Waals surface area contributed by atoms with Gasteiger partial charge in [-0.3, -0.25) is 0 Å². The summed E-state index contributed by atoms with van der Waals surface area (Å²) in [7, 11) is 0. The van der Waals surface area contributed by atoms with Crippen LogP contribution >= 0.6 is 24.0 Å². The summed E-state index contributed by atoms with van der Waals surface area (Å²) in [6.07, 6.45) is 2.61. The highest BCUT2D eigenvalue weighted by atomic mass is 127. The van der Waals surface area contributed by atoms with Crippen LogP contribution in [0.1, 0.15) is 25.3 Å². The third-order valence-corrected chi connectivity index (χ3v) is 4.60. The maximum Gasteiger partial charge on any atom is 0.191 e. The van der Waals surface area contributed by atoms with Gasteiger partial charge in [0.2, 0.25) is 0 Å². The Morgan fingerprint density at radius 3 is 2.58 bits per heavy atom. The van der Waals surface area contributed by atoms with Crippen molar-refractivity contribution in [1.82, 2.24) is 10.6 Å². The summed E-state index contributed by atoms with van der Waals surface area (Å²) in [5, 5.41) is 6.69. The molecule has 2 N–H and O–H groups in total. The van der Waals surface area contributed by atoms with E-state index in [1.165, 1.54) is 11.3 Å². The highest BCUT2D eigenvalue weighted by Gasteiger charge is 2.15. The van der Waals surface area contributed by atoms with Gasteiger partial charge in [0.1, 0.15) is 0 Å². The van der Waals surface area contributed by atoms with E-state index >= 15 is 0 Å². The first-order chi connectivity index (χ1) is 12.3. The zero-order chi connectivity index (χ0) is 17.3. The minimum absolute atomic E-state index is 0. The molecule has 0 saturated carbocycles. The first-order valence-electron chi connectivity index (χ1n) is 9.40. The fourth-order valence-corrected chi connectivity index (χ4v) is 3.16. The van der Waals surface area contributed by atoms with E-state index in [0.29, 0.717) is 12.6 Å². The van der Waals surface area contributed by atoms with E-state index in [9.17, 15) is 0 Å². The molecule has 2 aliphatic rings. The van der Waals surface area contributed by atoms with Crippen molar-refractivity contribution in [1.29, 1.82) is 0 Å². The molecule has 0 radical (unpaired) electrons. The van der Waals surface area contributed by atoms with E-state index in [1.807, 2.05) is 0 Å². The lowest BCUT2D eigenvalue weighted by Gasteiger charge is -2.28. The zero-order valence-electron chi connectivity index (χ0n) is 15.6. The van der Waals surface area contributed by atoms with Crippen molar-refractivity contribution in [3.8, 4) is 0 Å². The number of ether oxygens (including phenoxy) is 2. The molecule has 3 rings (SSSR count). The standard InChI is InChI=1S/C19H30N4O2.HI/c1-2-20-19(22-15-18-4-3-11-25-18)21-14-16-5-7-17(8-6-16)23-9-12-24-13-10-23;/h5-8,18H,2-4,9-15H2,1H3,(H2,20,21,22);1H. The number of nitrogens with zero attached hydrogens (tertiary/aromatic N) is 2. The van der Waals surface area contributed by atoms with Gasteiger partial charge in [0.05, 0.1) is 25.9 Å². The van der Waals surface area contributed by atoms with E-state index in [2.05, 4.69) is 46.7 Å². The monoisotopic (exact) mass is 474 g/mol. The SMILES string of the molecule is CCNC(=NCc1ccc(N2CCOCC2)cc1)NCC1CCCO1.I. The van der Waals surface area contributed by atoms with Gasteiger partial charge in [-0.05, 0) is 37.5 Å². The van der Waals surface area contributed by atoms with Gasteiger partial charge in [-0.25, -0.2) is 4.99 Å². The van der Waals surface area contributed by atoms with E-state index in [4.69, 9.17) is 14.5 Å². The molecule has 146 valence electrons. The summed E-state index contributed by atoms with van der Waals surface area (Å²) in [6.45, 7) is 8.88. The van der Waals surface area contributed by atoms with Crippen LogP contribution in [0.15, 0.2) is 29.3 Å². The fraction of sp³-hybridized carbons (Fsp3) is 0.632. The first-order valence-corrected chi connectivity index (χ1v) is 9.40. The van der Waals surface area contributed by atoms with E-state index in [1.54, 1.807) is 0 Å². The second-order valence-electron chi connectivity index (χ2n) is 6.48. The molecular weight excluding hydrogens is 443 g/mol. The number of rotatable bonds is 6. The third-order valence-electron chi connectivity index (χ3n) is 4.60. The molecule has 1 atom stereocenters. The van der Waals surface area contributed by atoms with Crippen LogP contribution in [0.5, 0.6) is 0 Å². The molecule has 2 fully saturated rings. The highest BCUT2D eigenvalue weighted by molar-refractivity contribution is 14.0. The summed E-state index contributed by atoms with van der Waals surface area (Å²) in [5.41, 5.74) is 2.48. The van der Waals surface area contributed by atoms with Crippen molar-refractivity contribution >= 4 is 35.6 Å². The molecule has 6 nitrogen and oxygen atoms in total. The summed E-state index contributed by atoms with van der Waals surface area (Å²) < 4.78 is 11.1. The fourth-order valence-electron chi connectivity index (χ4n) is 3.16. The average molecular weight is 474 g/mol. The van der Waals surface area contributed by atoms with E-state index < -0.39 is 0 Å². The first kappa shape index (κ1) is 21.2. The molecule has 0 aromatic heterocycles. The Labute approximate surface area is 173 Å². The van der Waals surface area contributed by atoms with Crippen molar-refractivity contribution in [3.63, 3.8) is 0 Å². The third kappa shape index (κ3) is 6.59. The predicted octanol–water partition coefficient (Wildman–Crippen LogP) is 2.38. The van der Waals surface area contributed by atoms with E-state index in [0.717, 1.165) is 64.8 Å². The van der Waals surface area contributed by atoms with Gasteiger partial charge in [0.15, 0.2) is 5.96 Å². The average Bonchev–Trinajstić information content (AvgIpc) is 3.19. The smallest absolute Gasteiger partial charge is 0.191 e. The second-order valence-corrected chi connectivity index (χ2v) is 6.48. The van der Waals surface area contributed by atoms with Gasteiger partial charge in [0.25, 0.3) is 0 Å². The summed E-state index contributed by atoms with van der Waals surface area (Å²) in [4.78, 5) is 7.06. The molecule has 0 bridgehead atoms. The van der Waals surface area contributed by atoms with Crippen LogP contribution in [-0.4, -0.2) is 58.1 Å². The van der Waals surface area contributed by atoms with Crippen LogP contribution in [0.25, 0.3) is 0 Å². The van der Waals surface area contributed by atoms with Crippen LogP contribution in [0, 0.1) is 0 Å². The number of guanidine groups is 1. The molecule has 2 heterocycles. The lowest BCUT2D eigenvalue weighted by atomic mass is 10.2. The number of hydrogen-bond donors (Lipinski definition) is 2. The van der Waals surface area contributed by atoms with Crippen LogP contribution < -0.4 is 15.5 Å². The molecule has 1 unspecified atom stereocenters. The second kappa shape index (κ2) is 11.6. The number of anilines is 1. The Kier molecular flexibility index (Phi) is 9.49. The Hall–Kier alpha value is -1.06. The van der Waals surface area contributed by atoms with Crippen molar-refractivity contribution < 1.29 is 9.47 Å². The van der Waals surface area contributed by atoms with Gasteiger partial charge in [-0.15, -0.1) is 24.0 Å². The van der Waals surface area contributed by atoms with Crippen molar-refractivity contribution in [2.45, 2.75) is 32.4 Å². The normalized spacial score (nSPS) is 20.6. The molecule has 2 aliphatic heterocycles. The zero-order valence-corrected chi connectivity index (χ0v) is 17.9. The lowest BCUT2D eigenvalue weighted by molar-refractivity contribution is 0.114. The quantitative estimate of drug-likeness (QED) is 0.377. The minimum atomic E-state index is 0. The molecule has 0 amide bonds. The summed E-state index contributed by atoms with van der Waals surface area (Å²) >= 11 is 0. The van der Waals surface area contributed by atoms with Gasteiger partial charge in [-0.1, -0.05) is 12.1 Å². The maximum atomic E-state index is 5.66. The van der Waals surface area contributed by atoms with Gasteiger partial charge >= 0.3 is 0 Å². The number of benzene rings is 1. The van der Waals surface area contributed by atoms with E-state index in [-0.39, 0.29) is 24.0 Å². The van der Waals surface area contributed by atoms with Crippen molar-refractivity contribution in [3.05, 3.63) is 29.8 Å².